The van der Waals surface area contributed by atoms with Crippen LogP contribution in [0.3, 0.4) is 0 Å². The average Bonchev–Trinajstić information content (AvgIpc) is 3.08. The van der Waals surface area contributed by atoms with Crippen molar-refractivity contribution in [2.24, 2.45) is 0 Å². The maximum atomic E-state index is 12.7. The van der Waals surface area contributed by atoms with Gasteiger partial charge in [-0.15, -0.1) is 47.0 Å². The predicted octanol–water partition coefficient (Wildman–Crippen LogP) is 15.7. The van der Waals surface area contributed by atoms with Crippen LogP contribution in [0.5, 0.6) is 5.75 Å². The van der Waals surface area contributed by atoms with Crippen LogP contribution in [0.4, 0.5) is 30.2 Å². The number of alkyl halides is 3. The molecule has 0 spiro atoms. The lowest BCUT2D eigenvalue weighted by molar-refractivity contribution is -0.139. The Kier molecular flexibility index (Phi) is 22.0. The number of thioether (sulfide) groups is 4. The summed E-state index contributed by atoms with van der Waals surface area (Å²) in [5, 5.41) is 1.89. The van der Waals surface area contributed by atoms with Crippen molar-refractivity contribution in [1.82, 2.24) is 0 Å². The molecule has 0 heterocycles. The van der Waals surface area contributed by atoms with Crippen LogP contribution in [0.15, 0.2) is 105 Å². The quantitative estimate of drug-likeness (QED) is 0.124. The fourth-order valence-corrected chi connectivity index (χ4v) is 7.70. The van der Waals surface area contributed by atoms with E-state index in [0.29, 0.717) is 21.4 Å². The Hall–Kier alpha value is -3.66. The molecule has 0 aliphatic carbocycles. The molecular weight excluding hydrogens is 748 g/mol. The van der Waals surface area contributed by atoms with E-state index in [9.17, 15) is 13.2 Å². The predicted molar refractivity (Wildman–Crippen MR) is 225 cm³/mol. The lowest BCUT2D eigenvalue weighted by Gasteiger charge is -2.14. The highest BCUT2D eigenvalue weighted by atomic mass is 32.2. The summed E-state index contributed by atoms with van der Waals surface area (Å²) in [5.74, 6) is 0.931. The Morgan fingerprint density at radius 3 is 1.51 bits per heavy atom. The van der Waals surface area contributed by atoms with Crippen molar-refractivity contribution in [2.45, 2.75) is 109 Å². The summed E-state index contributed by atoms with van der Waals surface area (Å²) < 4.78 is 43.2. The highest BCUT2D eigenvalue weighted by Gasteiger charge is 2.33. The highest BCUT2D eigenvalue weighted by molar-refractivity contribution is 8.00. The SMILES string of the molecule is COc1cccc(SC(C)C)c1.[C-]#[N+]c1ccc(SC(C)C)c(C(F)(F)F)c1.[C-]#[N+]c1ccc(SC(C)C)cc1.[C-]#[N+]c1ccc(SC(C)C)cc1C. The van der Waals surface area contributed by atoms with Crippen molar-refractivity contribution in [3.63, 3.8) is 0 Å². The maximum absolute atomic E-state index is 12.7. The van der Waals surface area contributed by atoms with Crippen molar-refractivity contribution in [3.05, 3.63) is 130 Å². The second-order valence-electron chi connectivity index (χ2n) is 12.3. The van der Waals surface area contributed by atoms with E-state index < -0.39 is 11.7 Å². The van der Waals surface area contributed by atoms with E-state index in [2.05, 4.69) is 74.3 Å². The van der Waals surface area contributed by atoms with Crippen LogP contribution >= 0.6 is 47.0 Å². The first-order valence-electron chi connectivity index (χ1n) is 16.8. The molecule has 0 fully saturated rings. The van der Waals surface area contributed by atoms with Crippen molar-refractivity contribution in [3.8, 4) is 5.75 Å². The van der Waals surface area contributed by atoms with Crippen LogP contribution in [0.2, 0.25) is 0 Å². The zero-order chi connectivity index (χ0) is 40.1. The average molecular weight is 796 g/mol. The third-order valence-corrected chi connectivity index (χ3v) is 10.3. The molecule has 0 bridgehead atoms. The lowest BCUT2D eigenvalue weighted by Crippen LogP contribution is -2.07. The van der Waals surface area contributed by atoms with Gasteiger partial charge in [-0.2, -0.15) is 13.2 Å². The summed E-state index contributed by atoms with van der Waals surface area (Å²) in [4.78, 5) is 13.7. The summed E-state index contributed by atoms with van der Waals surface area (Å²) in [6.45, 7) is 39.1. The zero-order valence-corrected chi connectivity index (χ0v) is 35.2. The van der Waals surface area contributed by atoms with Gasteiger partial charge in [-0.3, -0.25) is 0 Å². The normalized spacial score (nSPS) is 10.5. The number of ether oxygens (including phenoxy) is 1. The standard InChI is InChI=1S/C11H10F3NS.C11H13NS.C10H11NS.C10H14OS/c1-7(2)16-10-5-4-8(15-3)6-9(10)11(12,13)14;1-8(2)13-10-5-6-11(12-4)9(3)7-10;1-8(2)12-10-6-4-9(11-3)5-7-10;1-8(2)12-10-6-4-5-9(7-10)11-3/h4-7H,1-2H3;5-8H,1-3H3;4-8H,1-2H3;4-8H,1-3H3. The summed E-state index contributed by atoms with van der Waals surface area (Å²) >= 11 is 6.64. The number of nitrogens with zero attached hydrogens (tertiary/aromatic N) is 3. The minimum Gasteiger partial charge on any atom is -0.497 e. The van der Waals surface area contributed by atoms with Crippen LogP contribution in [-0.4, -0.2) is 28.1 Å². The number of hydrogen-bond acceptors (Lipinski definition) is 5. The molecule has 0 saturated heterocycles. The van der Waals surface area contributed by atoms with Gasteiger partial charge in [0.05, 0.1) is 32.4 Å². The molecule has 0 aromatic heterocycles. The summed E-state index contributed by atoms with van der Waals surface area (Å²) in [5.41, 5.74) is 1.83. The van der Waals surface area contributed by atoms with Crippen LogP contribution in [-0.2, 0) is 6.18 Å². The topological polar surface area (TPSA) is 22.3 Å². The second-order valence-corrected chi connectivity index (χ2v) is 18.9. The molecular formula is C42H48F3N3OS4. The summed E-state index contributed by atoms with van der Waals surface area (Å²) in [6, 6.07) is 25.5. The monoisotopic (exact) mass is 795 g/mol. The third-order valence-electron chi connectivity index (χ3n) is 6.17. The van der Waals surface area contributed by atoms with E-state index in [1.54, 1.807) is 7.11 Å². The Morgan fingerprint density at radius 1 is 0.566 bits per heavy atom. The summed E-state index contributed by atoms with van der Waals surface area (Å²) in [7, 11) is 1.69. The number of benzene rings is 4. The van der Waals surface area contributed by atoms with Crippen molar-refractivity contribution in [1.29, 1.82) is 0 Å². The van der Waals surface area contributed by atoms with E-state index in [1.807, 2.05) is 105 Å². The van der Waals surface area contributed by atoms with Crippen LogP contribution in [0.25, 0.3) is 14.5 Å². The van der Waals surface area contributed by atoms with Gasteiger partial charge in [0.25, 0.3) is 0 Å². The second kappa shape index (κ2) is 24.6. The molecule has 4 aromatic rings. The Balaban J connectivity index is 0.000000356. The van der Waals surface area contributed by atoms with Gasteiger partial charge in [0, 0.05) is 40.6 Å². The fraction of sp³-hybridized carbons (Fsp3) is 0.357. The van der Waals surface area contributed by atoms with Crippen molar-refractivity contribution < 1.29 is 17.9 Å². The summed E-state index contributed by atoms with van der Waals surface area (Å²) in [6.07, 6.45) is -4.40. The van der Waals surface area contributed by atoms with E-state index in [1.165, 1.54) is 26.8 Å². The van der Waals surface area contributed by atoms with E-state index in [0.717, 1.165) is 34.8 Å². The first-order chi connectivity index (χ1) is 24.9. The number of hydrogen-bond donors (Lipinski definition) is 0. The molecule has 0 radical (unpaired) electrons. The van der Waals surface area contributed by atoms with Gasteiger partial charge >= 0.3 is 6.18 Å². The van der Waals surface area contributed by atoms with E-state index >= 15 is 0 Å². The molecule has 0 unspecified atom stereocenters. The van der Waals surface area contributed by atoms with Gasteiger partial charge < -0.3 is 4.74 Å². The minimum absolute atomic E-state index is 0.0143. The molecule has 4 aromatic carbocycles. The van der Waals surface area contributed by atoms with Crippen LogP contribution in [0, 0.1) is 26.6 Å². The van der Waals surface area contributed by atoms with Gasteiger partial charge in [0.15, 0.2) is 17.1 Å². The number of rotatable bonds is 9. The van der Waals surface area contributed by atoms with E-state index in [4.69, 9.17) is 24.5 Å². The number of halogens is 3. The lowest BCUT2D eigenvalue weighted by atomic mass is 10.2. The number of methoxy groups -OCH3 is 1. The molecule has 0 aliphatic rings. The first-order valence-corrected chi connectivity index (χ1v) is 20.3. The molecule has 11 heteroatoms. The molecule has 0 saturated carbocycles. The molecule has 4 rings (SSSR count). The largest absolute Gasteiger partial charge is 0.497 e. The van der Waals surface area contributed by atoms with Gasteiger partial charge in [0.1, 0.15) is 5.75 Å². The van der Waals surface area contributed by atoms with Crippen LogP contribution < -0.4 is 4.74 Å². The molecule has 0 N–H and O–H groups in total. The third kappa shape index (κ3) is 19.8. The van der Waals surface area contributed by atoms with Gasteiger partial charge in [-0.25, -0.2) is 14.5 Å². The smallest absolute Gasteiger partial charge is 0.416 e. The van der Waals surface area contributed by atoms with Gasteiger partial charge in [-0.05, 0) is 36.8 Å². The molecule has 0 atom stereocenters. The Morgan fingerprint density at radius 2 is 1.06 bits per heavy atom. The van der Waals surface area contributed by atoms with Gasteiger partial charge in [0.2, 0.25) is 0 Å². The first kappa shape index (κ1) is 47.4. The molecule has 4 nitrogen and oxygen atoms in total. The highest BCUT2D eigenvalue weighted by Crippen LogP contribution is 2.40. The van der Waals surface area contributed by atoms with Crippen LogP contribution in [0.1, 0.15) is 66.5 Å². The zero-order valence-electron chi connectivity index (χ0n) is 31.9. The van der Waals surface area contributed by atoms with Gasteiger partial charge in [-0.1, -0.05) is 116 Å². The van der Waals surface area contributed by atoms with E-state index in [-0.39, 0.29) is 15.8 Å². The Labute approximate surface area is 332 Å². The van der Waals surface area contributed by atoms with Crippen molar-refractivity contribution in [2.75, 3.05) is 7.11 Å². The Bertz CT molecular complexity index is 1820. The fourth-order valence-electron chi connectivity index (χ4n) is 4.08. The molecule has 0 aliphatic heterocycles. The maximum Gasteiger partial charge on any atom is 0.416 e. The minimum atomic E-state index is -4.40. The molecule has 53 heavy (non-hydrogen) atoms. The number of aryl methyl sites for hydroxylation is 1. The molecule has 0 amide bonds. The molecule has 282 valence electrons. The van der Waals surface area contributed by atoms with Crippen molar-refractivity contribution >= 4 is 64.1 Å².